The number of hydrogen-bond acceptors (Lipinski definition) is 4. The van der Waals surface area contributed by atoms with Gasteiger partial charge in [-0.1, -0.05) is 47.0 Å². The van der Waals surface area contributed by atoms with E-state index in [2.05, 4.69) is 0 Å². The summed E-state index contributed by atoms with van der Waals surface area (Å²) in [4.78, 5) is 0.130. The third-order valence-electron chi connectivity index (χ3n) is 4.98. The zero-order valence-corrected chi connectivity index (χ0v) is 18.8. The normalized spacial score (nSPS) is 15.7. The second-order valence-corrected chi connectivity index (χ2v) is 9.88. The van der Waals surface area contributed by atoms with Crippen LogP contribution in [0.2, 0.25) is 10.0 Å². The predicted molar refractivity (Wildman–Crippen MR) is 119 cm³/mol. The van der Waals surface area contributed by atoms with Gasteiger partial charge in [-0.25, -0.2) is 0 Å². The summed E-state index contributed by atoms with van der Waals surface area (Å²) in [5, 5.41) is 1.14. The van der Waals surface area contributed by atoms with E-state index < -0.39 is 16.2 Å². The first-order valence-electron chi connectivity index (χ1n) is 9.44. The van der Waals surface area contributed by atoms with E-state index in [1.165, 1.54) is 12.1 Å². The summed E-state index contributed by atoms with van der Waals surface area (Å²) in [6, 6.07) is 15.9. The van der Waals surface area contributed by atoms with Crippen LogP contribution in [0.5, 0.6) is 5.75 Å². The molecule has 1 aliphatic rings. The fraction of sp³-hybridized carbons (Fsp3) is 0.217. The van der Waals surface area contributed by atoms with Crippen LogP contribution in [0.15, 0.2) is 59.5 Å². The fourth-order valence-electron chi connectivity index (χ4n) is 3.53. The molecule has 0 spiro atoms. The van der Waals surface area contributed by atoms with Crippen LogP contribution in [0.1, 0.15) is 16.7 Å². The van der Waals surface area contributed by atoms with Crippen LogP contribution in [0.25, 0.3) is 11.1 Å². The number of ether oxygens (including phenoxy) is 1. The van der Waals surface area contributed by atoms with Crippen LogP contribution in [-0.2, 0) is 20.7 Å². The molecule has 0 N–H and O–H groups in total. The molecule has 1 atom stereocenters. The molecule has 3 aromatic rings. The van der Waals surface area contributed by atoms with Crippen molar-refractivity contribution in [3.05, 3.63) is 81.3 Å². The van der Waals surface area contributed by atoms with Crippen molar-refractivity contribution in [1.82, 2.24) is 0 Å². The van der Waals surface area contributed by atoms with Crippen LogP contribution in [-0.4, -0.2) is 21.1 Å². The van der Waals surface area contributed by atoms with E-state index in [-0.39, 0.29) is 11.5 Å². The van der Waals surface area contributed by atoms with Crippen molar-refractivity contribution < 1.29 is 17.3 Å². The van der Waals surface area contributed by atoms with Gasteiger partial charge < -0.3 is 4.74 Å². The van der Waals surface area contributed by atoms with E-state index in [9.17, 15) is 8.42 Å². The molecule has 0 bridgehead atoms. The van der Waals surface area contributed by atoms with Crippen LogP contribution in [0.3, 0.4) is 0 Å². The van der Waals surface area contributed by atoms with Gasteiger partial charge in [0.2, 0.25) is 0 Å². The summed E-state index contributed by atoms with van der Waals surface area (Å²) in [7, 11) is -3.85. The second kappa shape index (κ2) is 8.23. The predicted octanol–water partition coefficient (Wildman–Crippen LogP) is 5.99. The zero-order chi connectivity index (χ0) is 21.5. The quantitative estimate of drug-likeness (QED) is 0.437. The van der Waals surface area contributed by atoms with Crippen LogP contribution in [0, 0.1) is 13.8 Å². The number of halogens is 2. The van der Waals surface area contributed by atoms with Gasteiger partial charge in [0.05, 0.1) is 4.90 Å². The standard InChI is InChI=1S/C23H20Cl2O4S/c1-14-3-6-19(7-4-14)30(26,27)28-13-18-11-16-9-15(2)10-21(23(16)29-18)20-12-17(24)5-8-22(20)25/h3-10,12,18H,11,13H2,1-2H3. The molecular formula is C23H20Cl2O4S. The molecule has 1 unspecified atom stereocenters. The van der Waals surface area contributed by atoms with E-state index in [0.29, 0.717) is 22.2 Å². The van der Waals surface area contributed by atoms with Crippen LogP contribution in [0.4, 0.5) is 0 Å². The number of benzene rings is 3. The highest BCUT2D eigenvalue weighted by Gasteiger charge is 2.29. The lowest BCUT2D eigenvalue weighted by molar-refractivity contribution is 0.152. The zero-order valence-electron chi connectivity index (χ0n) is 16.5. The highest BCUT2D eigenvalue weighted by molar-refractivity contribution is 7.86. The molecule has 0 saturated heterocycles. The molecule has 0 aromatic heterocycles. The molecule has 0 amide bonds. The minimum absolute atomic E-state index is 0.0767. The Morgan fingerprint density at radius 1 is 0.967 bits per heavy atom. The Labute approximate surface area is 186 Å². The van der Waals surface area contributed by atoms with Crippen molar-refractivity contribution in [1.29, 1.82) is 0 Å². The van der Waals surface area contributed by atoms with Gasteiger partial charge in [-0.05, 0) is 61.4 Å². The number of hydrogen-bond donors (Lipinski definition) is 0. The monoisotopic (exact) mass is 462 g/mol. The Morgan fingerprint density at radius 2 is 1.70 bits per heavy atom. The number of fused-ring (bicyclic) bond motifs is 1. The van der Waals surface area contributed by atoms with E-state index in [1.54, 1.807) is 30.3 Å². The molecule has 1 heterocycles. The summed E-state index contributed by atoms with van der Waals surface area (Å²) in [6.07, 6.45) is 0.129. The lowest BCUT2D eigenvalue weighted by atomic mass is 9.98. The van der Waals surface area contributed by atoms with Crippen molar-refractivity contribution in [2.45, 2.75) is 31.3 Å². The third-order valence-corrected chi connectivity index (χ3v) is 6.84. The van der Waals surface area contributed by atoms with Gasteiger partial charge in [0.1, 0.15) is 18.5 Å². The first kappa shape index (κ1) is 21.2. The maximum atomic E-state index is 12.5. The molecule has 4 rings (SSSR count). The lowest BCUT2D eigenvalue weighted by Gasteiger charge is -2.14. The minimum atomic E-state index is -3.85. The minimum Gasteiger partial charge on any atom is -0.487 e. The Kier molecular flexibility index (Phi) is 5.82. The molecule has 30 heavy (non-hydrogen) atoms. The Hall–Kier alpha value is -2.05. The number of rotatable bonds is 5. The molecule has 1 aliphatic heterocycles. The van der Waals surface area contributed by atoms with Crippen LogP contribution < -0.4 is 4.74 Å². The maximum absolute atomic E-state index is 12.5. The highest BCUT2D eigenvalue weighted by atomic mass is 35.5. The van der Waals surface area contributed by atoms with Gasteiger partial charge in [-0.2, -0.15) is 8.42 Å². The van der Waals surface area contributed by atoms with Gasteiger partial charge in [0.25, 0.3) is 10.1 Å². The van der Waals surface area contributed by atoms with E-state index in [4.69, 9.17) is 32.1 Å². The molecule has 0 saturated carbocycles. The molecule has 7 heteroatoms. The molecular weight excluding hydrogens is 443 g/mol. The second-order valence-electron chi connectivity index (χ2n) is 7.42. The lowest BCUT2D eigenvalue weighted by Crippen LogP contribution is -2.23. The Morgan fingerprint density at radius 3 is 2.43 bits per heavy atom. The topological polar surface area (TPSA) is 52.6 Å². The molecule has 4 nitrogen and oxygen atoms in total. The largest absolute Gasteiger partial charge is 0.487 e. The van der Waals surface area contributed by atoms with Crippen molar-refractivity contribution in [3.8, 4) is 16.9 Å². The van der Waals surface area contributed by atoms with Crippen LogP contribution >= 0.6 is 23.2 Å². The summed E-state index contributed by atoms with van der Waals surface area (Å²) >= 11 is 12.6. The summed E-state index contributed by atoms with van der Waals surface area (Å²) in [6.45, 7) is 3.81. The van der Waals surface area contributed by atoms with Gasteiger partial charge >= 0.3 is 0 Å². The van der Waals surface area contributed by atoms with E-state index in [0.717, 1.165) is 27.8 Å². The average molecular weight is 463 g/mol. The molecule has 0 radical (unpaired) electrons. The summed E-state index contributed by atoms with van der Waals surface area (Å²) in [5.41, 5.74) is 4.63. The van der Waals surface area contributed by atoms with Gasteiger partial charge in [-0.3, -0.25) is 4.18 Å². The Balaban J connectivity index is 1.56. The summed E-state index contributed by atoms with van der Waals surface area (Å²) < 4.78 is 36.4. The van der Waals surface area contributed by atoms with Crippen molar-refractivity contribution in [3.63, 3.8) is 0 Å². The van der Waals surface area contributed by atoms with Gasteiger partial charge in [-0.15, -0.1) is 0 Å². The molecule has 0 aliphatic carbocycles. The van der Waals surface area contributed by atoms with Gasteiger partial charge in [0.15, 0.2) is 0 Å². The SMILES string of the molecule is Cc1ccc(S(=O)(=O)OCC2Cc3cc(C)cc(-c4cc(Cl)ccc4Cl)c3O2)cc1. The smallest absolute Gasteiger partial charge is 0.297 e. The number of aryl methyl sites for hydroxylation is 2. The van der Waals surface area contributed by atoms with Gasteiger partial charge in [0, 0.05) is 27.6 Å². The fourth-order valence-corrected chi connectivity index (χ4v) is 4.86. The Bertz CT molecular complexity index is 1200. The van der Waals surface area contributed by atoms with E-state index in [1.807, 2.05) is 26.0 Å². The van der Waals surface area contributed by atoms with Crippen molar-refractivity contribution in [2.75, 3.05) is 6.61 Å². The first-order valence-corrected chi connectivity index (χ1v) is 11.6. The third kappa shape index (κ3) is 4.35. The first-order chi connectivity index (χ1) is 14.2. The average Bonchev–Trinajstić information content (AvgIpc) is 3.11. The highest BCUT2D eigenvalue weighted by Crippen LogP contribution is 2.43. The maximum Gasteiger partial charge on any atom is 0.297 e. The molecule has 156 valence electrons. The summed E-state index contributed by atoms with van der Waals surface area (Å²) in [5.74, 6) is 0.686. The molecule has 3 aromatic carbocycles. The van der Waals surface area contributed by atoms with Crippen molar-refractivity contribution >= 4 is 33.3 Å². The molecule has 0 fully saturated rings. The van der Waals surface area contributed by atoms with E-state index >= 15 is 0 Å². The van der Waals surface area contributed by atoms with Crippen molar-refractivity contribution in [2.24, 2.45) is 0 Å².